The molecule has 0 bridgehead atoms. The summed E-state index contributed by atoms with van der Waals surface area (Å²) in [7, 11) is 0. The maximum absolute atomic E-state index is 9.39. The van der Waals surface area contributed by atoms with Gasteiger partial charge in [0, 0.05) is 17.2 Å². The largest absolute Gasteiger partial charge is 0.491 e. The Morgan fingerprint density at radius 3 is 2.07 bits per heavy atom. The lowest BCUT2D eigenvalue weighted by molar-refractivity contribution is 0.0536. The van der Waals surface area contributed by atoms with Gasteiger partial charge in [-0.25, -0.2) is 0 Å². The number of ether oxygens (including phenoxy) is 2. The zero-order chi connectivity index (χ0) is 21.6. The van der Waals surface area contributed by atoms with Crippen LogP contribution < -0.4 is 9.47 Å². The molecule has 0 saturated heterocycles. The standard InChI is InChI=1S/C22H27Cl3O4/c1-14(10-23)12-29-21-19(24)8-16(9-20(21)25)22(2,3)15-4-6-18(7-5-15)28-13-17(27)11-26/h4-9,14,17,26-27H,10-13H2,1-3H3. The van der Waals surface area contributed by atoms with Crippen molar-refractivity contribution in [1.82, 2.24) is 0 Å². The van der Waals surface area contributed by atoms with Gasteiger partial charge in [-0.15, -0.1) is 11.6 Å². The van der Waals surface area contributed by atoms with Gasteiger partial charge in [-0.05, 0) is 35.4 Å². The first-order chi connectivity index (χ1) is 13.7. The highest BCUT2D eigenvalue weighted by Crippen LogP contribution is 2.40. The van der Waals surface area contributed by atoms with Crippen LogP contribution in [-0.2, 0) is 5.41 Å². The van der Waals surface area contributed by atoms with Crippen molar-refractivity contribution in [2.75, 3.05) is 25.7 Å². The number of benzene rings is 2. The van der Waals surface area contributed by atoms with Crippen LogP contribution in [-0.4, -0.2) is 42.0 Å². The fraction of sp³-hybridized carbons (Fsp3) is 0.455. The van der Waals surface area contributed by atoms with Gasteiger partial charge < -0.3 is 19.7 Å². The van der Waals surface area contributed by atoms with Crippen LogP contribution in [0.25, 0.3) is 0 Å². The van der Waals surface area contributed by atoms with E-state index in [1.807, 2.05) is 43.3 Å². The van der Waals surface area contributed by atoms with Crippen molar-refractivity contribution in [3.63, 3.8) is 0 Å². The Balaban J connectivity index is 2.19. The van der Waals surface area contributed by atoms with E-state index in [-0.39, 0.29) is 24.5 Å². The molecule has 2 rings (SSSR count). The molecule has 2 unspecified atom stereocenters. The average Bonchev–Trinajstić information content (AvgIpc) is 2.71. The molecule has 0 saturated carbocycles. The van der Waals surface area contributed by atoms with Crippen LogP contribution in [0.1, 0.15) is 31.9 Å². The Bertz CT molecular complexity index is 770. The highest BCUT2D eigenvalue weighted by atomic mass is 35.5. The number of aliphatic hydroxyl groups excluding tert-OH is 2. The molecule has 0 amide bonds. The van der Waals surface area contributed by atoms with Crippen LogP contribution >= 0.6 is 34.8 Å². The summed E-state index contributed by atoms with van der Waals surface area (Å²) >= 11 is 18.7. The van der Waals surface area contributed by atoms with Crippen molar-refractivity contribution in [2.45, 2.75) is 32.3 Å². The number of rotatable bonds is 10. The number of hydrogen-bond donors (Lipinski definition) is 2. The molecule has 2 aromatic carbocycles. The molecule has 2 aromatic rings. The van der Waals surface area contributed by atoms with Crippen LogP contribution in [0.5, 0.6) is 11.5 Å². The number of aliphatic hydroxyl groups is 2. The Labute approximate surface area is 187 Å². The third kappa shape index (κ3) is 6.40. The summed E-state index contributed by atoms with van der Waals surface area (Å²) < 4.78 is 11.2. The first kappa shape index (κ1) is 24.1. The molecule has 0 aromatic heterocycles. The lowest BCUT2D eigenvalue weighted by Gasteiger charge is -2.27. The fourth-order valence-corrected chi connectivity index (χ4v) is 3.39. The highest BCUT2D eigenvalue weighted by Gasteiger charge is 2.26. The molecule has 0 radical (unpaired) electrons. The van der Waals surface area contributed by atoms with Gasteiger partial charge in [0.1, 0.15) is 18.5 Å². The minimum atomic E-state index is -0.899. The molecule has 4 nitrogen and oxygen atoms in total. The number of hydrogen-bond acceptors (Lipinski definition) is 4. The van der Waals surface area contributed by atoms with Crippen molar-refractivity contribution in [3.05, 3.63) is 57.6 Å². The topological polar surface area (TPSA) is 58.9 Å². The lowest BCUT2D eigenvalue weighted by atomic mass is 9.78. The monoisotopic (exact) mass is 460 g/mol. The van der Waals surface area contributed by atoms with E-state index in [4.69, 9.17) is 49.4 Å². The van der Waals surface area contributed by atoms with Gasteiger partial charge in [-0.2, -0.15) is 0 Å². The van der Waals surface area contributed by atoms with Gasteiger partial charge in [0.2, 0.25) is 0 Å². The van der Waals surface area contributed by atoms with E-state index in [2.05, 4.69) is 13.8 Å². The SMILES string of the molecule is CC(CCl)COc1c(Cl)cc(C(C)(C)c2ccc(OCC(O)CO)cc2)cc1Cl. The zero-order valence-electron chi connectivity index (χ0n) is 16.8. The Kier molecular flexibility index (Phi) is 8.92. The van der Waals surface area contributed by atoms with Crippen LogP contribution in [0.4, 0.5) is 0 Å². The molecule has 7 heteroatoms. The third-order valence-electron chi connectivity index (χ3n) is 4.72. The van der Waals surface area contributed by atoms with Gasteiger partial charge in [-0.3, -0.25) is 0 Å². The third-order valence-corrected chi connectivity index (χ3v) is 5.81. The molecule has 2 N–H and O–H groups in total. The molecular weight excluding hydrogens is 435 g/mol. The summed E-state index contributed by atoms with van der Waals surface area (Å²) in [4.78, 5) is 0. The minimum Gasteiger partial charge on any atom is -0.491 e. The molecule has 0 fully saturated rings. The molecule has 0 aliphatic carbocycles. The lowest BCUT2D eigenvalue weighted by Crippen LogP contribution is -2.21. The molecule has 0 aliphatic heterocycles. The zero-order valence-corrected chi connectivity index (χ0v) is 19.1. The first-order valence-electron chi connectivity index (χ1n) is 9.39. The maximum atomic E-state index is 9.39. The predicted molar refractivity (Wildman–Crippen MR) is 119 cm³/mol. The van der Waals surface area contributed by atoms with Crippen molar-refractivity contribution in [2.24, 2.45) is 5.92 Å². The second-order valence-electron chi connectivity index (χ2n) is 7.64. The minimum absolute atomic E-state index is 0.0360. The summed E-state index contributed by atoms with van der Waals surface area (Å²) in [6.45, 7) is 6.29. The molecule has 2 atom stereocenters. The van der Waals surface area contributed by atoms with E-state index < -0.39 is 6.10 Å². The molecular formula is C22H27Cl3O4. The van der Waals surface area contributed by atoms with Gasteiger partial charge in [0.15, 0.2) is 5.75 Å². The molecule has 160 valence electrons. The smallest absolute Gasteiger partial charge is 0.156 e. The van der Waals surface area contributed by atoms with Crippen molar-refractivity contribution in [1.29, 1.82) is 0 Å². The van der Waals surface area contributed by atoms with Crippen LogP contribution in [0.2, 0.25) is 10.0 Å². The van der Waals surface area contributed by atoms with E-state index in [1.54, 1.807) is 0 Å². The van der Waals surface area contributed by atoms with Gasteiger partial charge in [-0.1, -0.05) is 56.1 Å². The predicted octanol–water partition coefficient (Wildman–Crippen LogP) is 5.31. The summed E-state index contributed by atoms with van der Waals surface area (Å²) in [6.07, 6.45) is -0.899. The van der Waals surface area contributed by atoms with E-state index in [1.165, 1.54) is 0 Å². The Morgan fingerprint density at radius 2 is 1.55 bits per heavy atom. The molecule has 29 heavy (non-hydrogen) atoms. The quantitative estimate of drug-likeness (QED) is 0.471. The Morgan fingerprint density at radius 1 is 0.966 bits per heavy atom. The number of halogens is 3. The van der Waals surface area contributed by atoms with Crippen LogP contribution in [0, 0.1) is 5.92 Å². The fourth-order valence-electron chi connectivity index (χ4n) is 2.71. The second kappa shape index (κ2) is 10.7. The summed E-state index contributed by atoms with van der Waals surface area (Å²) in [6, 6.07) is 11.3. The van der Waals surface area contributed by atoms with Crippen LogP contribution in [0.15, 0.2) is 36.4 Å². The number of alkyl halides is 1. The van der Waals surface area contributed by atoms with E-state index >= 15 is 0 Å². The summed E-state index contributed by atoms with van der Waals surface area (Å²) in [5.41, 5.74) is 1.64. The van der Waals surface area contributed by atoms with Gasteiger partial charge in [0.05, 0.1) is 23.3 Å². The average molecular weight is 462 g/mol. The first-order valence-corrected chi connectivity index (χ1v) is 10.7. The summed E-state index contributed by atoms with van der Waals surface area (Å²) in [5.74, 6) is 1.78. The van der Waals surface area contributed by atoms with E-state index in [0.29, 0.717) is 34.0 Å². The molecule has 0 aliphatic rings. The second-order valence-corrected chi connectivity index (χ2v) is 8.76. The maximum Gasteiger partial charge on any atom is 0.156 e. The molecule has 0 heterocycles. The highest BCUT2D eigenvalue weighted by molar-refractivity contribution is 6.37. The van der Waals surface area contributed by atoms with Crippen molar-refractivity contribution >= 4 is 34.8 Å². The molecule has 0 spiro atoms. The summed E-state index contributed by atoms with van der Waals surface area (Å²) in [5, 5.41) is 19.2. The van der Waals surface area contributed by atoms with Crippen molar-refractivity contribution in [3.8, 4) is 11.5 Å². The van der Waals surface area contributed by atoms with E-state index in [9.17, 15) is 5.11 Å². The van der Waals surface area contributed by atoms with Crippen molar-refractivity contribution < 1.29 is 19.7 Å². The van der Waals surface area contributed by atoms with Gasteiger partial charge in [0.25, 0.3) is 0 Å². The normalized spacial score (nSPS) is 13.8. The van der Waals surface area contributed by atoms with Gasteiger partial charge >= 0.3 is 0 Å². The van der Waals surface area contributed by atoms with E-state index in [0.717, 1.165) is 11.1 Å². The Hall–Kier alpha value is -1.17. The van der Waals surface area contributed by atoms with Crippen LogP contribution in [0.3, 0.4) is 0 Å².